The Hall–Kier alpha value is 1.43. The molecule has 3 heteroatoms. The van der Waals surface area contributed by atoms with Gasteiger partial charge in [-0.3, -0.25) is 0 Å². The molecule has 0 aromatic rings. The normalized spacial score (nSPS) is 25.5. The third-order valence-electron chi connectivity index (χ3n) is 1.64. The monoisotopic (exact) mass is 288 g/mol. The van der Waals surface area contributed by atoms with Crippen molar-refractivity contribution in [2.45, 2.75) is 30.9 Å². The average Bonchev–Trinajstić information content (AvgIpc) is 2.41. The molecule has 0 amide bonds. The first kappa shape index (κ1) is 9.52. The molecule has 0 aliphatic carbocycles. The van der Waals surface area contributed by atoms with E-state index in [0.717, 1.165) is 5.25 Å². The molecule has 1 fully saturated rings. The fourth-order valence-electron chi connectivity index (χ4n) is 1.03. The van der Waals surface area contributed by atoms with Crippen molar-refractivity contribution in [3.63, 3.8) is 0 Å². The van der Waals surface area contributed by atoms with Gasteiger partial charge in [-0.1, -0.05) is 50.6 Å². The standard InChI is InChI=1S/C7H13IS2/c8-5-2-1-3-7-4-6-9-10-7/h7H,1-6H2. The summed E-state index contributed by atoms with van der Waals surface area (Å²) in [7, 11) is 4.16. The van der Waals surface area contributed by atoms with Crippen molar-refractivity contribution < 1.29 is 0 Å². The van der Waals surface area contributed by atoms with Crippen LogP contribution in [0.3, 0.4) is 0 Å². The van der Waals surface area contributed by atoms with Crippen LogP contribution in [0.15, 0.2) is 0 Å². The summed E-state index contributed by atoms with van der Waals surface area (Å²) in [5.41, 5.74) is 0. The highest BCUT2D eigenvalue weighted by Crippen LogP contribution is 2.39. The minimum atomic E-state index is 0.993. The van der Waals surface area contributed by atoms with Gasteiger partial charge in [-0.15, -0.1) is 0 Å². The molecule has 60 valence electrons. The summed E-state index contributed by atoms with van der Waals surface area (Å²) in [5.74, 6) is 1.39. The lowest BCUT2D eigenvalue weighted by atomic mass is 10.2. The van der Waals surface area contributed by atoms with E-state index in [1.807, 2.05) is 0 Å². The number of hydrogen-bond donors (Lipinski definition) is 0. The molecule has 1 rings (SSSR count). The molecule has 1 aliphatic heterocycles. The quantitative estimate of drug-likeness (QED) is 0.334. The number of hydrogen-bond acceptors (Lipinski definition) is 2. The van der Waals surface area contributed by atoms with Crippen LogP contribution < -0.4 is 0 Å². The molecule has 0 radical (unpaired) electrons. The van der Waals surface area contributed by atoms with Crippen molar-refractivity contribution in [2.24, 2.45) is 0 Å². The summed E-state index contributed by atoms with van der Waals surface area (Å²) < 4.78 is 1.34. The molecular formula is C7H13IS2. The van der Waals surface area contributed by atoms with Crippen LogP contribution >= 0.6 is 44.2 Å². The van der Waals surface area contributed by atoms with Crippen molar-refractivity contribution in [2.75, 3.05) is 10.2 Å². The second-order valence-corrected chi connectivity index (χ2v) is 6.38. The number of unbranched alkanes of at least 4 members (excludes halogenated alkanes) is 1. The van der Waals surface area contributed by atoms with Gasteiger partial charge in [0.25, 0.3) is 0 Å². The van der Waals surface area contributed by atoms with E-state index in [0.29, 0.717) is 0 Å². The summed E-state index contributed by atoms with van der Waals surface area (Å²) in [5, 5.41) is 0.993. The smallest absolute Gasteiger partial charge is 0.0159 e. The number of rotatable bonds is 4. The fourth-order valence-corrected chi connectivity index (χ4v) is 4.60. The zero-order chi connectivity index (χ0) is 7.23. The van der Waals surface area contributed by atoms with E-state index in [4.69, 9.17) is 0 Å². The fraction of sp³-hybridized carbons (Fsp3) is 1.00. The Labute approximate surface area is 84.8 Å². The molecule has 1 saturated heterocycles. The average molecular weight is 288 g/mol. The highest BCUT2D eigenvalue weighted by Gasteiger charge is 2.14. The Bertz CT molecular complexity index is 81.7. The van der Waals surface area contributed by atoms with Crippen LogP contribution in [0.2, 0.25) is 0 Å². The van der Waals surface area contributed by atoms with Crippen LogP contribution in [-0.4, -0.2) is 15.4 Å². The third kappa shape index (κ3) is 3.72. The van der Waals surface area contributed by atoms with Gasteiger partial charge >= 0.3 is 0 Å². The molecule has 0 saturated carbocycles. The van der Waals surface area contributed by atoms with Crippen LogP contribution in [0.25, 0.3) is 0 Å². The molecule has 1 aliphatic rings. The van der Waals surface area contributed by atoms with Crippen LogP contribution in [0.5, 0.6) is 0 Å². The van der Waals surface area contributed by atoms with Crippen LogP contribution in [-0.2, 0) is 0 Å². The number of alkyl halides is 1. The maximum atomic E-state index is 2.46. The van der Waals surface area contributed by atoms with Gasteiger partial charge in [0, 0.05) is 11.0 Å². The minimum absolute atomic E-state index is 0.993. The van der Waals surface area contributed by atoms with Crippen molar-refractivity contribution in [3.8, 4) is 0 Å². The van der Waals surface area contributed by atoms with Gasteiger partial charge in [-0.05, 0) is 23.7 Å². The predicted molar refractivity (Wildman–Crippen MR) is 61.2 cm³/mol. The SMILES string of the molecule is ICCCCC1CCSS1. The summed E-state index contributed by atoms with van der Waals surface area (Å²) in [6.07, 6.45) is 5.78. The molecule has 0 aromatic heterocycles. The molecule has 1 atom stereocenters. The lowest BCUT2D eigenvalue weighted by Crippen LogP contribution is -1.96. The highest BCUT2D eigenvalue weighted by molar-refractivity contribution is 14.1. The van der Waals surface area contributed by atoms with Crippen LogP contribution in [0, 0.1) is 0 Å². The summed E-state index contributed by atoms with van der Waals surface area (Å²) in [4.78, 5) is 0. The Kier molecular flexibility index (Phi) is 5.71. The molecule has 0 spiro atoms. The Balaban J connectivity index is 1.91. The zero-order valence-electron chi connectivity index (χ0n) is 6.01. The Morgan fingerprint density at radius 2 is 2.30 bits per heavy atom. The molecule has 10 heavy (non-hydrogen) atoms. The van der Waals surface area contributed by atoms with Gasteiger partial charge < -0.3 is 0 Å². The van der Waals surface area contributed by atoms with Crippen LogP contribution in [0.1, 0.15) is 25.7 Å². The first-order chi connectivity index (χ1) is 4.93. The third-order valence-corrected chi connectivity index (χ3v) is 5.41. The molecule has 0 bridgehead atoms. The zero-order valence-corrected chi connectivity index (χ0v) is 9.80. The maximum Gasteiger partial charge on any atom is 0.0159 e. The molecular weight excluding hydrogens is 275 g/mol. The Morgan fingerprint density at radius 3 is 2.90 bits per heavy atom. The van der Waals surface area contributed by atoms with E-state index in [-0.39, 0.29) is 0 Å². The molecule has 0 nitrogen and oxygen atoms in total. The first-order valence-electron chi connectivity index (χ1n) is 3.77. The van der Waals surface area contributed by atoms with Crippen molar-refractivity contribution in [3.05, 3.63) is 0 Å². The van der Waals surface area contributed by atoms with Gasteiger partial charge in [0.15, 0.2) is 0 Å². The lowest BCUT2D eigenvalue weighted by Gasteiger charge is -2.04. The molecule has 1 heterocycles. The van der Waals surface area contributed by atoms with E-state index in [1.165, 1.54) is 35.9 Å². The van der Waals surface area contributed by atoms with Gasteiger partial charge in [-0.25, -0.2) is 0 Å². The predicted octanol–water partition coefficient (Wildman–Crippen LogP) is 3.75. The molecule has 1 unspecified atom stereocenters. The van der Waals surface area contributed by atoms with Crippen molar-refractivity contribution in [1.82, 2.24) is 0 Å². The van der Waals surface area contributed by atoms with Gasteiger partial charge in [0.05, 0.1) is 0 Å². The summed E-state index contributed by atoms with van der Waals surface area (Å²) >= 11 is 2.46. The number of halogens is 1. The second kappa shape index (κ2) is 6.00. The van der Waals surface area contributed by atoms with Crippen molar-refractivity contribution in [1.29, 1.82) is 0 Å². The van der Waals surface area contributed by atoms with E-state index < -0.39 is 0 Å². The summed E-state index contributed by atoms with van der Waals surface area (Å²) in [6, 6.07) is 0. The van der Waals surface area contributed by atoms with E-state index in [9.17, 15) is 0 Å². The van der Waals surface area contributed by atoms with E-state index in [1.54, 1.807) is 0 Å². The first-order valence-corrected chi connectivity index (χ1v) is 7.68. The van der Waals surface area contributed by atoms with Gasteiger partial charge in [-0.2, -0.15) is 0 Å². The lowest BCUT2D eigenvalue weighted by molar-refractivity contribution is 0.686. The minimum Gasteiger partial charge on any atom is -0.0938 e. The van der Waals surface area contributed by atoms with Gasteiger partial charge in [0.1, 0.15) is 0 Å². The Morgan fingerprint density at radius 1 is 1.40 bits per heavy atom. The highest BCUT2D eigenvalue weighted by atomic mass is 127. The van der Waals surface area contributed by atoms with E-state index in [2.05, 4.69) is 44.2 Å². The van der Waals surface area contributed by atoms with Crippen molar-refractivity contribution >= 4 is 44.2 Å². The largest absolute Gasteiger partial charge is 0.0938 e. The topological polar surface area (TPSA) is 0 Å². The molecule has 0 N–H and O–H groups in total. The summed E-state index contributed by atoms with van der Waals surface area (Å²) in [6.45, 7) is 0. The maximum absolute atomic E-state index is 2.46. The second-order valence-electron chi connectivity index (χ2n) is 2.51. The van der Waals surface area contributed by atoms with Crippen LogP contribution in [0.4, 0.5) is 0 Å². The molecule has 0 aromatic carbocycles. The van der Waals surface area contributed by atoms with Gasteiger partial charge in [0.2, 0.25) is 0 Å². The van der Waals surface area contributed by atoms with E-state index >= 15 is 0 Å².